The first-order valence-corrected chi connectivity index (χ1v) is 18.3. The molecule has 1 amide bonds. The largest absolute Gasteiger partial charge is 0.497 e. The SMILES string of the molecule is COc1ccc(CN(Cc2ccc(OC)cc2)c2ncc(-c3nc(N4CCOCC4)nc4c3CCN4c3cccc(C(=O)NCCN(C)C)c3)cn2)cc1. The Morgan fingerprint density at radius 3 is 2.11 bits per heavy atom. The molecule has 0 radical (unpaired) electrons. The molecule has 13 heteroatoms. The average Bonchev–Trinajstić information content (AvgIpc) is 3.65. The molecule has 1 saturated heterocycles. The van der Waals surface area contributed by atoms with Crippen LogP contribution < -0.4 is 29.5 Å². The summed E-state index contributed by atoms with van der Waals surface area (Å²) in [6.07, 6.45) is 4.46. The zero-order valence-electron chi connectivity index (χ0n) is 31.4. The van der Waals surface area contributed by atoms with Crippen LogP contribution in [0.3, 0.4) is 0 Å². The Morgan fingerprint density at radius 2 is 1.50 bits per heavy atom. The third-order valence-electron chi connectivity index (χ3n) is 9.63. The number of hydrogen-bond donors (Lipinski definition) is 1. The lowest BCUT2D eigenvalue weighted by Crippen LogP contribution is -2.37. The summed E-state index contributed by atoms with van der Waals surface area (Å²) in [7, 11) is 7.31. The lowest BCUT2D eigenvalue weighted by molar-refractivity contribution is 0.0951. The molecule has 1 N–H and O–H groups in total. The van der Waals surface area contributed by atoms with Crippen molar-refractivity contribution in [2.45, 2.75) is 19.5 Å². The number of nitrogens with one attached hydrogen (secondary N) is 1. The molecule has 13 nitrogen and oxygen atoms in total. The molecule has 0 aliphatic carbocycles. The monoisotopic (exact) mass is 729 g/mol. The minimum Gasteiger partial charge on any atom is -0.497 e. The quantitative estimate of drug-likeness (QED) is 0.166. The molecule has 7 rings (SSSR count). The molecular formula is C41H47N9O4. The number of methoxy groups -OCH3 is 2. The third kappa shape index (κ3) is 8.53. The highest BCUT2D eigenvalue weighted by molar-refractivity contribution is 5.95. The number of fused-ring (bicyclic) bond motifs is 1. The van der Waals surface area contributed by atoms with Gasteiger partial charge in [0.25, 0.3) is 5.91 Å². The van der Waals surface area contributed by atoms with Crippen molar-refractivity contribution in [2.24, 2.45) is 0 Å². The van der Waals surface area contributed by atoms with Gasteiger partial charge in [0.15, 0.2) is 0 Å². The van der Waals surface area contributed by atoms with Gasteiger partial charge in [-0.15, -0.1) is 0 Å². The van der Waals surface area contributed by atoms with Gasteiger partial charge >= 0.3 is 0 Å². The van der Waals surface area contributed by atoms with Crippen molar-refractivity contribution in [2.75, 3.05) is 89.0 Å². The number of morpholine rings is 1. The van der Waals surface area contributed by atoms with E-state index in [1.54, 1.807) is 14.2 Å². The number of anilines is 4. The molecule has 2 aliphatic heterocycles. The van der Waals surface area contributed by atoms with Crippen LogP contribution in [0.2, 0.25) is 0 Å². The summed E-state index contributed by atoms with van der Waals surface area (Å²) in [6, 6.07) is 23.8. The highest BCUT2D eigenvalue weighted by atomic mass is 16.5. The summed E-state index contributed by atoms with van der Waals surface area (Å²) in [5.74, 6) is 3.59. The van der Waals surface area contributed by atoms with Crippen LogP contribution in [0.1, 0.15) is 27.0 Å². The fourth-order valence-corrected chi connectivity index (χ4v) is 6.66. The number of hydrogen-bond acceptors (Lipinski definition) is 12. The van der Waals surface area contributed by atoms with Crippen LogP contribution in [0.4, 0.5) is 23.4 Å². The van der Waals surface area contributed by atoms with Crippen LogP contribution in [-0.2, 0) is 24.2 Å². The molecule has 280 valence electrons. The lowest BCUT2D eigenvalue weighted by atomic mass is 10.1. The Bertz CT molecular complexity index is 1970. The fraction of sp³-hybridized carbons (Fsp3) is 0.341. The Hall–Kier alpha value is -5.79. The van der Waals surface area contributed by atoms with E-state index < -0.39 is 0 Å². The van der Waals surface area contributed by atoms with Gasteiger partial charge in [-0.1, -0.05) is 30.3 Å². The van der Waals surface area contributed by atoms with Gasteiger partial charge in [0.2, 0.25) is 11.9 Å². The van der Waals surface area contributed by atoms with E-state index in [2.05, 4.69) is 44.3 Å². The molecule has 5 aromatic rings. The predicted octanol–water partition coefficient (Wildman–Crippen LogP) is 4.98. The maximum absolute atomic E-state index is 13.1. The zero-order valence-corrected chi connectivity index (χ0v) is 31.4. The first-order chi connectivity index (χ1) is 26.4. The molecule has 2 aliphatic rings. The number of rotatable bonds is 14. The number of ether oxygens (including phenoxy) is 3. The topological polar surface area (TPSA) is 121 Å². The Balaban J connectivity index is 1.20. The van der Waals surface area contributed by atoms with E-state index in [0.29, 0.717) is 69.9 Å². The van der Waals surface area contributed by atoms with E-state index in [1.165, 1.54) is 0 Å². The number of likely N-dealkylation sites (N-methyl/N-ethyl adjacent to an activating group) is 1. The summed E-state index contributed by atoms with van der Waals surface area (Å²) in [5.41, 5.74) is 6.39. The van der Waals surface area contributed by atoms with Crippen LogP contribution in [0.15, 0.2) is 85.2 Å². The van der Waals surface area contributed by atoms with Gasteiger partial charge < -0.3 is 39.1 Å². The second-order valence-electron chi connectivity index (χ2n) is 13.6. The van der Waals surface area contributed by atoms with Crippen LogP contribution >= 0.6 is 0 Å². The number of nitrogens with zero attached hydrogens (tertiary/aromatic N) is 8. The van der Waals surface area contributed by atoms with Crippen LogP contribution in [0, 0.1) is 0 Å². The van der Waals surface area contributed by atoms with E-state index in [1.807, 2.05) is 79.9 Å². The lowest BCUT2D eigenvalue weighted by Gasteiger charge is -2.28. The van der Waals surface area contributed by atoms with Crippen molar-refractivity contribution in [3.05, 3.63) is 107 Å². The van der Waals surface area contributed by atoms with Crippen molar-refractivity contribution in [3.63, 3.8) is 0 Å². The van der Waals surface area contributed by atoms with Crippen LogP contribution in [-0.4, -0.2) is 105 Å². The Morgan fingerprint density at radius 1 is 0.852 bits per heavy atom. The second kappa shape index (κ2) is 16.9. The van der Waals surface area contributed by atoms with E-state index in [-0.39, 0.29) is 5.91 Å². The smallest absolute Gasteiger partial charge is 0.251 e. The average molecular weight is 730 g/mol. The number of aromatic nitrogens is 4. The first kappa shape index (κ1) is 36.6. The minimum absolute atomic E-state index is 0.0965. The highest BCUT2D eigenvalue weighted by Gasteiger charge is 2.30. The number of carbonyl (C=O) groups is 1. The van der Waals surface area contributed by atoms with Gasteiger partial charge in [-0.2, -0.15) is 4.98 Å². The highest BCUT2D eigenvalue weighted by Crippen LogP contribution is 2.39. The Kier molecular flexibility index (Phi) is 11.5. The molecular weight excluding hydrogens is 683 g/mol. The Labute approximate surface area is 316 Å². The second-order valence-corrected chi connectivity index (χ2v) is 13.6. The van der Waals surface area contributed by atoms with Gasteiger partial charge in [-0.3, -0.25) is 4.79 Å². The van der Waals surface area contributed by atoms with E-state index in [9.17, 15) is 4.79 Å². The molecule has 54 heavy (non-hydrogen) atoms. The summed E-state index contributed by atoms with van der Waals surface area (Å²) in [5, 5.41) is 3.03. The zero-order chi connectivity index (χ0) is 37.4. The van der Waals surface area contributed by atoms with Crippen LogP contribution in [0.5, 0.6) is 11.5 Å². The van der Waals surface area contributed by atoms with Crippen LogP contribution in [0.25, 0.3) is 11.3 Å². The normalized spacial score (nSPS) is 13.9. The van der Waals surface area contributed by atoms with Crippen molar-refractivity contribution < 1.29 is 19.0 Å². The van der Waals surface area contributed by atoms with Gasteiger partial charge in [0.1, 0.15) is 17.3 Å². The number of carbonyl (C=O) groups excluding carboxylic acids is 1. The molecule has 0 unspecified atom stereocenters. The molecule has 0 saturated carbocycles. The van der Waals surface area contributed by atoms with E-state index in [4.69, 9.17) is 34.1 Å². The molecule has 0 atom stereocenters. The number of amides is 1. The van der Waals surface area contributed by atoms with Crippen molar-refractivity contribution >= 4 is 29.3 Å². The number of benzene rings is 3. The van der Waals surface area contributed by atoms with Gasteiger partial charge in [-0.05, 0) is 74.1 Å². The molecule has 0 spiro atoms. The summed E-state index contributed by atoms with van der Waals surface area (Å²) >= 11 is 0. The minimum atomic E-state index is -0.0965. The molecule has 4 heterocycles. The van der Waals surface area contributed by atoms with Crippen molar-refractivity contribution in [1.29, 1.82) is 0 Å². The van der Waals surface area contributed by atoms with Gasteiger partial charge in [-0.25, -0.2) is 15.0 Å². The maximum atomic E-state index is 13.1. The van der Waals surface area contributed by atoms with E-state index >= 15 is 0 Å². The van der Waals surface area contributed by atoms with Crippen molar-refractivity contribution in [3.8, 4) is 22.8 Å². The fourth-order valence-electron chi connectivity index (χ4n) is 6.66. The summed E-state index contributed by atoms with van der Waals surface area (Å²) in [6.45, 7) is 5.85. The molecule has 1 fully saturated rings. The summed E-state index contributed by atoms with van der Waals surface area (Å²) in [4.78, 5) is 41.8. The van der Waals surface area contributed by atoms with Gasteiger partial charge in [0, 0.05) is 80.6 Å². The maximum Gasteiger partial charge on any atom is 0.251 e. The summed E-state index contributed by atoms with van der Waals surface area (Å²) < 4.78 is 16.4. The van der Waals surface area contributed by atoms with Gasteiger partial charge in [0.05, 0.1) is 33.1 Å². The first-order valence-electron chi connectivity index (χ1n) is 18.3. The van der Waals surface area contributed by atoms with Crippen molar-refractivity contribution in [1.82, 2.24) is 30.2 Å². The third-order valence-corrected chi connectivity index (χ3v) is 9.63. The molecule has 2 aromatic heterocycles. The molecule has 3 aromatic carbocycles. The van der Waals surface area contributed by atoms with E-state index in [0.717, 1.165) is 63.9 Å². The standard InChI is InChI=1S/C41H47N9O4/c1-47(2)19-17-42-39(51)31-6-5-7-33(24-31)50-18-16-36-37(45-41(46-38(36)50)48-20-22-54-23-21-48)32-25-43-40(44-26-32)49(27-29-8-12-34(52-3)13-9-29)28-30-10-14-35(53-4)15-11-30/h5-15,24-26H,16-23,27-28H2,1-4H3,(H,42,51). The predicted molar refractivity (Wildman–Crippen MR) is 210 cm³/mol. The molecule has 0 bridgehead atoms.